The average Bonchev–Trinajstić information content (AvgIpc) is 2.70. The van der Waals surface area contributed by atoms with Crippen LogP contribution in [0.25, 0.3) is 0 Å². The van der Waals surface area contributed by atoms with Crippen molar-refractivity contribution in [2.45, 2.75) is 20.1 Å². The summed E-state index contributed by atoms with van der Waals surface area (Å²) in [6.45, 7) is 2.46. The van der Waals surface area contributed by atoms with Crippen molar-refractivity contribution in [1.29, 1.82) is 0 Å². The number of rotatable bonds is 3. The number of nitrogens with zero attached hydrogens (tertiary/aromatic N) is 3. The Morgan fingerprint density at radius 3 is 2.88 bits per heavy atom. The van der Waals surface area contributed by atoms with Gasteiger partial charge in [0, 0.05) is 5.02 Å². The van der Waals surface area contributed by atoms with E-state index < -0.39 is 0 Å². The fraction of sp³-hybridized carbons (Fsp3) is 0.273. The molecule has 0 aliphatic heterocycles. The normalized spacial score (nSPS) is 10.7. The molecule has 1 aromatic carbocycles. The molecule has 0 unspecified atom stereocenters. The number of aryl methyl sites for hydroxylation is 1. The van der Waals surface area contributed by atoms with E-state index in [1.165, 1.54) is 0 Å². The minimum atomic E-state index is -0.0956. The third-order valence-corrected chi connectivity index (χ3v) is 2.64. The topological polar surface area (TPSA) is 50.9 Å². The fourth-order valence-corrected chi connectivity index (χ4v) is 1.74. The molecule has 0 aliphatic carbocycles. The Labute approximate surface area is 98.5 Å². The Hall–Kier alpha value is -1.39. The highest BCUT2D eigenvalue weighted by molar-refractivity contribution is 6.31. The predicted octanol–water partition coefficient (Wildman–Crippen LogP) is 1.78. The lowest BCUT2D eigenvalue weighted by Crippen LogP contribution is -2.01. The number of aliphatic hydroxyl groups excluding tert-OH is 1. The minimum Gasteiger partial charge on any atom is -0.390 e. The standard InChI is InChI=1S/C11H12ClN3O/c1-8-2-3-9(11(12)4-8)5-15-6-10(7-16)13-14-15/h2-4,6,16H,5,7H2,1H3. The zero-order chi connectivity index (χ0) is 11.5. The number of hydrogen-bond acceptors (Lipinski definition) is 3. The van der Waals surface area contributed by atoms with Crippen LogP contribution in [0, 0.1) is 6.92 Å². The van der Waals surface area contributed by atoms with Gasteiger partial charge >= 0.3 is 0 Å². The highest BCUT2D eigenvalue weighted by Gasteiger charge is 2.04. The van der Waals surface area contributed by atoms with Crippen LogP contribution in [0.4, 0.5) is 0 Å². The summed E-state index contributed by atoms with van der Waals surface area (Å²) in [7, 11) is 0. The second kappa shape index (κ2) is 4.63. The van der Waals surface area contributed by atoms with Gasteiger partial charge in [-0.3, -0.25) is 0 Å². The van der Waals surface area contributed by atoms with E-state index in [9.17, 15) is 0 Å². The molecular formula is C11H12ClN3O. The van der Waals surface area contributed by atoms with E-state index in [1.54, 1.807) is 10.9 Å². The molecule has 0 saturated carbocycles. The summed E-state index contributed by atoms with van der Waals surface area (Å²) in [5, 5.41) is 17.3. The highest BCUT2D eigenvalue weighted by Crippen LogP contribution is 2.18. The molecule has 0 radical (unpaired) electrons. The molecule has 1 aromatic heterocycles. The van der Waals surface area contributed by atoms with Crippen molar-refractivity contribution in [2.75, 3.05) is 0 Å². The third kappa shape index (κ3) is 2.40. The Kier molecular flexibility index (Phi) is 3.22. The van der Waals surface area contributed by atoms with Gasteiger partial charge in [-0.1, -0.05) is 28.9 Å². The van der Waals surface area contributed by atoms with E-state index in [2.05, 4.69) is 10.3 Å². The van der Waals surface area contributed by atoms with Gasteiger partial charge in [0.15, 0.2) is 0 Å². The molecule has 0 spiro atoms. The van der Waals surface area contributed by atoms with Crippen molar-refractivity contribution in [3.63, 3.8) is 0 Å². The highest BCUT2D eigenvalue weighted by atomic mass is 35.5. The summed E-state index contributed by atoms with van der Waals surface area (Å²) < 4.78 is 1.65. The molecule has 4 nitrogen and oxygen atoms in total. The second-order valence-electron chi connectivity index (χ2n) is 3.66. The lowest BCUT2D eigenvalue weighted by molar-refractivity contribution is 0.276. The predicted molar refractivity (Wildman–Crippen MR) is 61.2 cm³/mol. The average molecular weight is 238 g/mol. The van der Waals surface area contributed by atoms with E-state index >= 15 is 0 Å². The van der Waals surface area contributed by atoms with Crippen molar-refractivity contribution >= 4 is 11.6 Å². The molecule has 0 aliphatic rings. The first-order valence-electron chi connectivity index (χ1n) is 4.94. The monoisotopic (exact) mass is 237 g/mol. The maximum atomic E-state index is 8.87. The van der Waals surface area contributed by atoms with Crippen LogP contribution in [0.1, 0.15) is 16.8 Å². The van der Waals surface area contributed by atoms with Crippen LogP contribution in [0.2, 0.25) is 5.02 Å². The van der Waals surface area contributed by atoms with Crippen molar-refractivity contribution in [3.05, 3.63) is 46.2 Å². The maximum absolute atomic E-state index is 8.87. The van der Waals surface area contributed by atoms with Gasteiger partial charge in [-0.25, -0.2) is 4.68 Å². The molecule has 16 heavy (non-hydrogen) atoms. The lowest BCUT2D eigenvalue weighted by atomic mass is 10.1. The first kappa shape index (κ1) is 11.1. The molecule has 2 rings (SSSR count). The number of halogens is 1. The summed E-state index contributed by atoms with van der Waals surface area (Å²) >= 11 is 6.11. The summed E-state index contributed by atoms with van der Waals surface area (Å²) in [6, 6.07) is 5.89. The number of aromatic nitrogens is 3. The number of hydrogen-bond donors (Lipinski definition) is 1. The van der Waals surface area contributed by atoms with Crippen LogP contribution >= 0.6 is 11.6 Å². The summed E-state index contributed by atoms with van der Waals surface area (Å²) in [6.07, 6.45) is 1.70. The Morgan fingerprint density at radius 2 is 2.25 bits per heavy atom. The minimum absolute atomic E-state index is 0.0956. The SMILES string of the molecule is Cc1ccc(Cn2cc(CO)nn2)c(Cl)c1. The van der Waals surface area contributed by atoms with Gasteiger partial charge in [0.1, 0.15) is 5.69 Å². The van der Waals surface area contributed by atoms with Crippen LogP contribution in [0.5, 0.6) is 0 Å². The van der Waals surface area contributed by atoms with Crippen LogP contribution in [0.3, 0.4) is 0 Å². The first-order chi connectivity index (χ1) is 7.69. The zero-order valence-corrected chi connectivity index (χ0v) is 9.65. The van der Waals surface area contributed by atoms with Crippen LogP contribution in [-0.4, -0.2) is 20.1 Å². The van der Waals surface area contributed by atoms with Crippen molar-refractivity contribution < 1.29 is 5.11 Å². The molecule has 5 heteroatoms. The summed E-state index contributed by atoms with van der Waals surface area (Å²) in [5.41, 5.74) is 2.67. The Morgan fingerprint density at radius 1 is 1.44 bits per heavy atom. The molecule has 84 valence electrons. The van der Waals surface area contributed by atoms with Crippen LogP contribution in [-0.2, 0) is 13.2 Å². The summed E-state index contributed by atoms with van der Waals surface area (Å²) in [4.78, 5) is 0. The van der Waals surface area contributed by atoms with Gasteiger partial charge in [-0.05, 0) is 24.1 Å². The smallest absolute Gasteiger partial charge is 0.108 e. The van der Waals surface area contributed by atoms with Crippen molar-refractivity contribution in [3.8, 4) is 0 Å². The molecule has 0 atom stereocenters. The van der Waals surface area contributed by atoms with Gasteiger partial charge in [0.25, 0.3) is 0 Å². The molecular weight excluding hydrogens is 226 g/mol. The van der Waals surface area contributed by atoms with E-state index in [0.717, 1.165) is 16.1 Å². The van der Waals surface area contributed by atoms with Gasteiger partial charge in [0.2, 0.25) is 0 Å². The van der Waals surface area contributed by atoms with Gasteiger partial charge in [-0.15, -0.1) is 5.10 Å². The van der Waals surface area contributed by atoms with Gasteiger partial charge in [0.05, 0.1) is 19.3 Å². The number of benzene rings is 1. The maximum Gasteiger partial charge on any atom is 0.108 e. The molecule has 1 N–H and O–H groups in total. The van der Waals surface area contributed by atoms with Crippen molar-refractivity contribution in [2.24, 2.45) is 0 Å². The van der Waals surface area contributed by atoms with E-state index in [-0.39, 0.29) is 6.61 Å². The Bertz CT molecular complexity index is 496. The first-order valence-corrected chi connectivity index (χ1v) is 5.32. The number of aliphatic hydroxyl groups is 1. The van der Waals surface area contributed by atoms with E-state index in [1.807, 2.05) is 25.1 Å². The summed E-state index contributed by atoms with van der Waals surface area (Å²) in [5.74, 6) is 0. The zero-order valence-electron chi connectivity index (χ0n) is 8.89. The molecule has 0 bridgehead atoms. The van der Waals surface area contributed by atoms with Crippen LogP contribution < -0.4 is 0 Å². The molecule has 2 aromatic rings. The van der Waals surface area contributed by atoms with Gasteiger partial charge < -0.3 is 5.11 Å². The quantitative estimate of drug-likeness (QED) is 0.886. The molecule has 0 amide bonds. The van der Waals surface area contributed by atoms with E-state index in [4.69, 9.17) is 16.7 Å². The van der Waals surface area contributed by atoms with Crippen LogP contribution in [0.15, 0.2) is 24.4 Å². The fourth-order valence-electron chi connectivity index (χ4n) is 1.44. The largest absolute Gasteiger partial charge is 0.390 e. The third-order valence-electron chi connectivity index (χ3n) is 2.29. The van der Waals surface area contributed by atoms with Gasteiger partial charge in [-0.2, -0.15) is 0 Å². The van der Waals surface area contributed by atoms with Crippen molar-refractivity contribution in [1.82, 2.24) is 15.0 Å². The molecule has 0 fully saturated rings. The molecule has 1 heterocycles. The lowest BCUT2D eigenvalue weighted by Gasteiger charge is -2.04. The molecule has 0 saturated heterocycles. The second-order valence-corrected chi connectivity index (χ2v) is 4.07. The Balaban J connectivity index is 2.20. The van der Waals surface area contributed by atoms with E-state index in [0.29, 0.717) is 12.2 Å².